The number of benzene rings is 1. The Hall–Kier alpha value is -2.22. The van der Waals surface area contributed by atoms with Gasteiger partial charge < -0.3 is 15.7 Å². The maximum absolute atomic E-state index is 11.4. The van der Waals surface area contributed by atoms with Crippen LogP contribution in [0.25, 0.3) is 0 Å². The Morgan fingerprint density at radius 1 is 1.37 bits per heavy atom. The van der Waals surface area contributed by atoms with E-state index >= 15 is 0 Å². The molecule has 2 atom stereocenters. The number of nitrogens with two attached hydrogens (primary N) is 1. The van der Waals surface area contributed by atoms with Crippen LogP contribution >= 0.6 is 22.9 Å². The molecule has 2 aromatic rings. The third-order valence-corrected chi connectivity index (χ3v) is 6.13. The number of hydrogen-bond donors (Lipinski definition) is 3. The average Bonchev–Trinajstić information content (AvgIpc) is 2.80. The number of aryl methyl sites for hydroxylation is 1. The molecule has 1 aromatic carbocycles. The molecular weight excluding hydrogens is 384 g/mol. The number of halogens is 1. The van der Waals surface area contributed by atoms with Gasteiger partial charge in [-0.1, -0.05) is 23.7 Å². The van der Waals surface area contributed by atoms with E-state index in [0.29, 0.717) is 10.7 Å². The quantitative estimate of drug-likeness (QED) is 0.534. The summed E-state index contributed by atoms with van der Waals surface area (Å²) in [6.45, 7) is 5.68. The highest BCUT2D eigenvalue weighted by Gasteiger charge is 2.36. The van der Waals surface area contributed by atoms with Gasteiger partial charge in [0.1, 0.15) is 11.2 Å². The van der Waals surface area contributed by atoms with Crippen molar-refractivity contribution < 1.29 is 9.90 Å². The van der Waals surface area contributed by atoms with Gasteiger partial charge in [-0.15, -0.1) is 11.3 Å². The molecular formula is C19H21ClN4O2S. The second-order valence-corrected chi connectivity index (χ2v) is 8.20. The van der Waals surface area contributed by atoms with E-state index in [4.69, 9.17) is 27.7 Å². The number of amidine groups is 1. The fraction of sp³-hybridized carbons (Fsp3) is 0.316. The lowest BCUT2D eigenvalue weighted by Crippen LogP contribution is -2.51. The molecule has 0 aliphatic carbocycles. The van der Waals surface area contributed by atoms with Crippen LogP contribution in [0.2, 0.25) is 5.02 Å². The molecule has 8 heteroatoms. The van der Waals surface area contributed by atoms with E-state index in [1.165, 1.54) is 0 Å². The van der Waals surface area contributed by atoms with Crippen LogP contribution in [0.15, 0.2) is 29.3 Å². The molecule has 1 aliphatic heterocycles. The van der Waals surface area contributed by atoms with Crippen molar-refractivity contribution in [1.29, 1.82) is 5.41 Å². The summed E-state index contributed by atoms with van der Waals surface area (Å²) < 4.78 is 0. The SMILES string of the molecule is CC(=N)N1c2sc(C)c(C)c2C(c2ccc(Cl)cc2)=N[C@@H](CC(=O)O)C1N. The van der Waals surface area contributed by atoms with E-state index in [2.05, 4.69) is 0 Å². The van der Waals surface area contributed by atoms with E-state index in [-0.39, 0.29) is 12.3 Å². The third-order valence-electron chi connectivity index (χ3n) is 4.67. The smallest absolute Gasteiger partial charge is 0.305 e. The zero-order chi connectivity index (χ0) is 19.9. The summed E-state index contributed by atoms with van der Waals surface area (Å²) in [6, 6.07) is 6.61. The van der Waals surface area contributed by atoms with Gasteiger partial charge >= 0.3 is 5.97 Å². The summed E-state index contributed by atoms with van der Waals surface area (Å²) in [4.78, 5) is 19.0. The number of nitrogens with one attached hydrogen (secondary N) is 1. The monoisotopic (exact) mass is 404 g/mol. The molecule has 27 heavy (non-hydrogen) atoms. The minimum absolute atomic E-state index is 0.213. The molecule has 4 N–H and O–H groups in total. The highest BCUT2D eigenvalue weighted by Crippen LogP contribution is 2.40. The Morgan fingerprint density at radius 2 is 2.00 bits per heavy atom. The van der Waals surface area contributed by atoms with Gasteiger partial charge in [-0.2, -0.15) is 0 Å². The molecule has 142 valence electrons. The molecule has 0 saturated heterocycles. The summed E-state index contributed by atoms with van der Waals surface area (Å²) in [5, 5.41) is 19.0. The van der Waals surface area contributed by atoms with Gasteiger partial charge in [0.2, 0.25) is 0 Å². The molecule has 0 saturated carbocycles. The number of carbonyl (C=O) groups is 1. The minimum atomic E-state index is -0.976. The summed E-state index contributed by atoms with van der Waals surface area (Å²) in [5.41, 5.74) is 9.89. The van der Waals surface area contributed by atoms with Gasteiger partial charge in [0.25, 0.3) is 0 Å². The van der Waals surface area contributed by atoms with Crippen molar-refractivity contribution >= 4 is 45.5 Å². The van der Waals surface area contributed by atoms with Crippen molar-refractivity contribution in [3.63, 3.8) is 0 Å². The number of carboxylic acid groups (broad SMARTS) is 1. The average molecular weight is 405 g/mol. The molecule has 2 heterocycles. The molecule has 0 fully saturated rings. The standard InChI is InChI=1S/C19H21ClN4O2S/c1-9-10(2)27-19-16(9)17(12-4-6-13(20)7-5-12)23-14(8-15(25)26)18(22)24(19)11(3)21/h4-7,14,18,21H,8,22H2,1-3H3,(H,25,26)/t14-,18?/m0/s1. The van der Waals surface area contributed by atoms with Crippen molar-refractivity contribution in [3.05, 3.63) is 50.9 Å². The van der Waals surface area contributed by atoms with Crippen molar-refractivity contribution in [1.82, 2.24) is 0 Å². The van der Waals surface area contributed by atoms with Gasteiger partial charge in [-0.25, -0.2) is 0 Å². The summed E-state index contributed by atoms with van der Waals surface area (Å²) in [7, 11) is 0. The molecule has 1 aromatic heterocycles. The zero-order valence-electron chi connectivity index (χ0n) is 15.3. The second kappa shape index (κ2) is 7.42. The second-order valence-electron chi connectivity index (χ2n) is 6.56. The van der Waals surface area contributed by atoms with E-state index in [0.717, 1.165) is 26.6 Å². The lowest BCUT2D eigenvalue weighted by Gasteiger charge is -2.30. The van der Waals surface area contributed by atoms with E-state index in [9.17, 15) is 9.90 Å². The lowest BCUT2D eigenvalue weighted by atomic mass is 9.99. The first-order valence-electron chi connectivity index (χ1n) is 8.46. The predicted molar refractivity (Wildman–Crippen MR) is 111 cm³/mol. The Labute approximate surface area is 166 Å². The van der Waals surface area contributed by atoms with Crippen LogP contribution in [-0.4, -0.2) is 34.8 Å². The molecule has 0 radical (unpaired) electrons. The van der Waals surface area contributed by atoms with Crippen LogP contribution < -0.4 is 10.6 Å². The molecule has 0 spiro atoms. The van der Waals surface area contributed by atoms with Crippen molar-refractivity contribution in [3.8, 4) is 0 Å². The predicted octanol–water partition coefficient (Wildman–Crippen LogP) is 3.80. The Kier molecular flexibility index (Phi) is 5.37. The largest absolute Gasteiger partial charge is 0.481 e. The zero-order valence-corrected chi connectivity index (χ0v) is 16.9. The topological polar surface area (TPSA) is 103 Å². The number of fused-ring (bicyclic) bond motifs is 1. The maximum atomic E-state index is 11.4. The van der Waals surface area contributed by atoms with E-state index < -0.39 is 18.2 Å². The van der Waals surface area contributed by atoms with Crippen LogP contribution in [0.4, 0.5) is 5.00 Å². The number of nitrogens with zero attached hydrogens (tertiary/aromatic N) is 2. The van der Waals surface area contributed by atoms with Crippen LogP contribution in [0.1, 0.15) is 34.9 Å². The Balaban J connectivity index is 2.29. The summed E-state index contributed by atoms with van der Waals surface area (Å²) in [6.07, 6.45) is -0.950. The maximum Gasteiger partial charge on any atom is 0.305 e. The molecule has 6 nitrogen and oxygen atoms in total. The summed E-state index contributed by atoms with van der Waals surface area (Å²) >= 11 is 7.58. The molecule has 1 aliphatic rings. The fourth-order valence-electron chi connectivity index (χ4n) is 3.22. The van der Waals surface area contributed by atoms with Gasteiger partial charge in [0.15, 0.2) is 0 Å². The number of aliphatic carboxylic acids is 1. The van der Waals surface area contributed by atoms with Gasteiger partial charge in [0, 0.05) is 21.0 Å². The highest BCUT2D eigenvalue weighted by atomic mass is 35.5. The first-order chi connectivity index (χ1) is 12.7. The number of carboxylic acids is 1. The molecule has 0 bridgehead atoms. The van der Waals surface area contributed by atoms with Crippen molar-refractivity contribution in [2.75, 3.05) is 4.90 Å². The fourth-order valence-corrected chi connectivity index (χ4v) is 4.60. The molecule has 0 amide bonds. The van der Waals surface area contributed by atoms with Crippen LogP contribution in [0, 0.1) is 19.3 Å². The highest BCUT2D eigenvalue weighted by molar-refractivity contribution is 7.17. The third kappa shape index (κ3) is 3.63. The molecule has 1 unspecified atom stereocenters. The number of thiophene rings is 1. The number of anilines is 1. The van der Waals surface area contributed by atoms with E-state index in [1.807, 2.05) is 26.0 Å². The van der Waals surface area contributed by atoms with Crippen LogP contribution in [0.5, 0.6) is 0 Å². The first kappa shape index (κ1) is 19.5. The first-order valence-corrected chi connectivity index (χ1v) is 9.66. The molecule has 3 rings (SSSR count). The normalized spacial score (nSPS) is 19.3. The Bertz CT molecular complexity index is 936. The van der Waals surface area contributed by atoms with Crippen molar-refractivity contribution in [2.24, 2.45) is 10.7 Å². The van der Waals surface area contributed by atoms with Gasteiger partial charge in [0.05, 0.1) is 24.0 Å². The van der Waals surface area contributed by atoms with Gasteiger partial charge in [-0.3, -0.25) is 15.2 Å². The number of hydrogen-bond acceptors (Lipinski definition) is 5. The minimum Gasteiger partial charge on any atom is -0.481 e. The number of aliphatic imine (C=N–C) groups is 1. The lowest BCUT2D eigenvalue weighted by molar-refractivity contribution is -0.137. The van der Waals surface area contributed by atoms with E-state index in [1.54, 1.807) is 35.3 Å². The van der Waals surface area contributed by atoms with Crippen molar-refractivity contribution in [2.45, 2.75) is 39.4 Å². The van der Waals surface area contributed by atoms with Crippen LogP contribution in [0.3, 0.4) is 0 Å². The van der Waals surface area contributed by atoms with Gasteiger partial charge in [-0.05, 0) is 38.5 Å². The Morgan fingerprint density at radius 3 is 2.56 bits per heavy atom. The van der Waals surface area contributed by atoms with Crippen LogP contribution in [-0.2, 0) is 4.79 Å². The number of rotatable bonds is 3. The summed E-state index contributed by atoms with van der Waals surface area (Å²) in [5.74, 6) is -0.719.